The van der Waals surface area contributed by atoms with Crippen LogP contribution >= 0.6 is 15.9 Å². The highest BCUT2D eigenvalue weighted by molar-refractivity contribution is 9.10. The van der Waals surface area contributed by atoms with E-state index in [0.29, 0.717) is 15.7 Å². The largest absolute Gasteiger partial charge is 0.318 e. The number of carbonyl (C=O) groups excluding carboxylic acids is 2. The van der Waals surface area contributed by atoms with Crippen LogP contribution in [-0.2, 0) is 4.79 Å². The quantitative estimate of drug-likeness (QED) is 0.704. The fraction of sp³-hybridized carbons (Fsp3) is 0.111. The van der Waals surface area contributed by atoms with Gasteiger partial charge in [-0.05, 0) is 34.5 Å². The van der Waals surface area contributed by atoms with E-state index in [1.807, 2.05) is 13.0 Å². The minimum Gasteiger partial charge on any atom is -0.318 e. The number of fused-ring (bicyclic) bond motifs is 1. The molecule has 0 saturated heterocycles. The van der Waals surface area contributed by atoms with Gasteiger partial charge in [0.15, 0.2) is 0 Å². The summed E-state index contributed by atoms with van der Waals surface area (Å²) < 4.78 is 0.702. The van der Waals surface area contributed by atoms with Gasteiger partial charge in [0.25, 0.3) is 11.7 Å². The molecular weight excluding hydrogens is 234 g/mol. The molecule has 1 aliphatic heterocycles. The topological polar surface area (TPSA) is 46.2 Å². The van der Waals surface area contributed by atoms with Crippen LogP contribution in [-0.4, -0.2) is 11.7 Å². The van der Waals surface area contributed by atoms with Crippen LogP contribution in [0.15, 0.2) is 16.6 Å². The van der Waals surface area contributed by atoms with Gasteiger partial charge in [0, 0.05) is 4.47 Å². The smallest absolute Gasteiger partial charge is 0.296 e. The highest BCUT2D eigenvalue weighted by Gasteiger charge is 2.30. The molecule has 4 heteroatoms. The van der Waals surface area contributed by atoms with Crippen molar-refractivity contribution in [2.75, 3.05) is 5.32 Å². The first-order chi connectivity index (χ1) is 6.11. The van der Waals surface area contributed by atoms with E-state index in [4.69, 9.17) is 0 Å². The number of hydrogen-bond acceptors (Lipinski definition) is 2. The Balaban J connectivity index is 2.73. The van der Waals surface area contributed by atoms with Crippen LogP contribution in [0.4, 0.5) is 5.69 Å². The summed E-state index contributed by atoms with van der Waals surface area (Å²) in [5, 5.41) is 2.50. The van der Waals surface area contributed by atoms with Gasteiger partial charge in [0.05, 0.1) is 11.3 Å². The van der Waals surface area contributed by atoms with Crippen molar-refractivity contribution in [2.45, 2.75) is 6.92 Å². The van der Waals surface area contributed by atoms with Crippen LogP contribution in [0.5, 0.6) is 0 Å². The third-order valence-corrected chi connectivity index (χ3v) is 3.04. The normalized spacial score (nSPS) is 14.3. The van der Waals surface area contributed by atoms with Gasteiger partial charge in [-0.25, -0.2) is 0 Å². The molecule has 1 N–H and O–H groups in total. The molecule has 66 valence electrons. The molecule has 3 nitrogen and oxygen atoms in total. The fourth-order valence-corrected chi connectivity index (χ4v) is 1.82. The Morgan fingerprint density at radius 1 is 1.31 bits per heavy atom. The van der Waals surface area contributed by atoms with Crippen LogP contribution in [0.25, 0.3) is 0 Å². The van der Waals surface area contributed by atoms with Crippen molar-refractivity contribution in [3.05, 3.63) is 27.7 Å². The lowest BCUT2D eigenvalue weighted by atomic mass is 10.1. The van der Waals surface area contributed by atoms with Gasteiger partial charge in [-0.15, -0.1) is 0 Å². The average Bonchev–Trinajstić information content (AvgIpc) is 2.37. The molecule has 1 heterocycles. The number of Topliss-reactive ketones (excluding diaryl/α,β-unsaturated/α-hetero) is 1. The fourth-order valence-electron chi connectivity index (χ4n) is 1.30. The van der Waals surface area contributed by atoms with E-state index < -0.39 is 11.7 Å². The zero-order valence-corrected chi connectivity index (χ0v) is 8.44. The molecule has 0 aromatic heterocycles. The molecule has 1 aromatic carbocycles. The molecule has 0 aliphatic carbocycles. The Labute approximate surface area is 83.3 Å². The van der Waals surface area contributed by atoms with Crippen LogP contribution in [0, 0.1) is 6.92 Å². The molecule has 0 fully saturated rings. The van der Waals surface area contributed by atoms with Crippen LogP contribution in [0.3, 0.4) is 0 Å². The molecule has 0 bridgehead atoms. The summed E-state index contributed by atoms with van der Waals surface area (Å²) in [7, 11) is 0. The lowest BCUT2D eigenvalue weighted by molar-refractivity contribution is -0.112. The van der Waals surface area contributed by atoms with Gasteiger partial charge >= 0.3 is 0 Å². The van der Waals surface area contributed by atoms with Crippen molar-refractivity contribution >= 4 is 33.3 Å². The van der Waals surface area contributed by atoms with Crippen molar-refractivity contribution in [2.24, 2.45) is 0 Å². The van der Waals surface area contributed by atoms with E-state index in [9.17, 15) is 9.59 Å². The summed E-state index contributed by atoms with van der Waals surface area (Å²) >= 11 is 3.29. The zero-order chi connectivity index (χ0) is 9.59. The summed E-state index contributed by atoms with van der Waals surface area (Å²) in [6.45, 7) is 1.88. The van der Waals surface area contributed by atoms with E-state index in [2.05, 4.69) is 21.2 Å². The summed E-state index contributed by atoms with van der Waals surface area (Å²) in [6, 6.07) is 3.58. The number of amides is 1. The molecular formula is C9H6BrNO2. The number of rotatable bonds is 0. The third kappa shape index (κ3) is 1.09. The average molecular weight is 240 g/mol. The second-order valence-corrected chi connectivity index (χ2v) is 3.70. The highest BCUT2D eigenvalue weighted by Crippen LogP contribution is 2.32. The first kappa shape index (κ1) is 8.44. The van der Waals surface area contributed by atoms with Gasteiger partial charge in [-0.1, -0.05) is 6.07 Å². The van der Waals surface area contributed by atoms with E-state index in [1.54, 1.807) is 6.07 Å². The van der Waals surface area contributed by atoms with E-state index in [0.717, 1.165) is 5.56 Å². The second kappa shape index (κ2) is 2.67. The van der Waals surface area contributed by atoms with Crippen molar-refractivity contribution < 1.29 is 9.59 Å². The molecule has 0 radical (unpaired) electrons. The van der Waals surface area contributed by atoms with E-state index >= 15 is 0 Å². The number of carbonyl (C=O) groups is 2. The molecule has 0 saturated carbocycles. The molecule has 1 aliphatic rings. The van der Waals surface area contributed by atoms with Gasteiger partial charge in [0.1, 0.15) is 0 Å². The van der Waals surface area contributed by atoms with Crippen molar-refractivity contribution in [1.82, 2.24) is 0 Å². The minimum absolute atomic E-state index is 0.449. The molecule has 0 atom stereocenters. The Bertz CT molecular complexity index is 426. The van der Waals surface area contributed by atoms with Gasteiger partial charge < -0.3 is 5.32 Å². The highest BCUT2D eigenvalue weighted by atomic mass is 79.9. The van der Waals surface area contributed by atoms with Crippen molar-refractivity contribution in [1.29, 1.82) is 0 Å². The Hall–Kier alpha value is -1.16. The first-order valence-electron chi connectivity index (χ1n) is 3.76. The van der Waals surface area contributed by atoms with Gasteiger partial charge in [0.2, 0.25) is 0 Å². The SMILES string of the molecule is Cc1ccc2c(c1Br)C(=O)C(=O)N2. The first-order valence-corrected chi connectivity index (χ1v) is 4.55. The van der Waals surface area contributed by atoms with E-state index in [-0.39, 0.29) is 0 Å². The van der Waals surface area contributed by atoms with E-state index in [1.165, 1.54) is 0 Å². The lowest BCUT2D eigenvalue weighted by Gasteiger charge is -2.01. The van der Waals surface area contributed by atoms with Crippen LogP contribution < -0.4 is 5.32 Å². The molecule has 1 amide bonds. The molecule has 0 spiro atoms. The maximum atomic E-state index is 11.3. The monoisotopic (exact) mass is 239 g/mol. The van der Waals surface area contributed by atoms with Crippen molar-refractivity contribution in [3.8, 4) is 0 Å². The van der Waals surface area contributed by atoms with Gasteiger partial charge in [-0.2, -0.15) is 0 Å². The number of hydrogen-bond donors (Lipinski definition) is 1. The molecule has 0 unspecified atom stereocenters. The number of anilines is 1. The summed E-state index contributed by atoms with van der Waals surface area (Å²) in [5.74, 6) is -1.02. The Morgan fingerprint density at radius 3 is 2.69 bits per heavy atom. The number of nitrogens with one attached hydrogen (secondary N) is 1. The predicted molar refractivity (Wildman–Crippen MR) is 51.8 cm³/mol. The number of aryl methyl sites for hydroxylation is 1. The Kier molecular flexibility index (Phi) is 1.73. The maximum Gasteiger partial charge on any atom is 0.296 e. The molecule has 1 aromatic rings. The predicted octanol–water partition coefficient (Wildman–Crippen LogP) is 1.89. The third-order valence-electron chi connectivity index (χ3n) is 2.02. The molecule has 2 rings (SSSR count). The molecule has 13 heavy (non-hydrogen) atoms. The standard InChI is InChI=1S/C9H6BrNO2/c1-4-2-3-5-6(7(4)10)8(12)9(13)11-5/h2-3H,1H3,(H,11,12,13). The van der Waals surface area contributed by atoms with Crippen molar-refractivity contribution in [3.63, 3.8) is 0 Å². The number of benzene rings is 1. The lowest BCUT2D eigenvalue weighted by Crippen LogP contribution is -2.12. The summed E-state index contributed by atoms with van der Waals surface area (Å²) in [5.41, 5.74) is 1.99. The van der Waals surface area contributed by atoms with Crippen LogP contribution in [0.1, 0.15) is 15.9 Å². The summed E-state index contributed by atoms with van der Waals surface area (Å²) in [6.07, 6.45) is 0. The number of ketones is 1. The zero-order valence-electron chi connectivity index (χ0n) is 6.85. The minimum atomic E-state index is -0.554. The van der Waals surface area contributed by atoms with Crippen LogP contribution in [0.2, 0.25) is 0 Å². The summed E-state index contributed by atoms with van der Waals surface area (Å²) in [4.78, 5) is 22.3. The van der Waals surface area contributed by atoms with Gasteiger partial charge in [-0.3, -0.25) is 9.59 Å². The Morgan fingerprint density at radius 2 is 2.00 bits per heavy atom. The maximum absolute atomic E-state index is 11.3. The second-order valence-electron chi connectivity index (χ2n) is 2.90. The number of halogens is 1.